The maximum Gasteiger partial charge on any atom is 0.316 e. The van der Waals surface area contributed by atoms with Crippen molar-refractivity contribution < 1.29 is 18.7 Å². The Balaban J connectivity index is 1.18. The quantitative estimate of drug-likeness (QED) is 0.526. The van der Waals surface area contributed by atoms with Crippen LogP contribution in [-0.4, -0.2) is 57.0 Å². The molecule has 1 saturated heterocycles. The largest absolute Gasteiger partial charge is 0.460 e. The van der Waals surface area contributed by atoms with Gasteiger partial charge < -0.3 is 24.7 Å². The standard InChI is InChI=1S/C24H27N7O4/c32-21(28-16-4-1-2-5-16)18-14-25-11-6-19(18)29-22(33)20-15-34-24(30-20)31-12-7-17(8-13-31)35-23-26-9-3-10-27-23/h3,6,9-11,14-17H,1-2,4-5,7-8,12-13H2,(H,28,32)(H,25,29,33). The van der Waals surface area contributed by atoms with Crippen LogP contribution in [0.2, 0.25) is 0 Å². The molecule has 2 amide bonds. The van der Waals surface area contributed by atoms with Crippen LogP contribution in [0.4, 0.5) is 11.7 Å². The molecular weight excluding hydrogens is 450 g/mol. The number of carbonyl (C=O) groups is 2. The van der Waals surface area contributed by atoms with Crippen LogP contribution in [0.15, 0.2) is 47.6 Å². The van der Waals surface area contributed by atoms with E-state index in [1.54, 1.807) is 24.5 Å². The van der Waals surface area contributed by atoms with Gasteiger partial charge >= 0.3 is 6.01 Å². The molecule has 2 aliphatic rings. The zero-order valence-corrected chi connectivity index (χ0v) is 19.2. The van der Waals surface area contributed by atoms with E-state index >= 15 is 0 Å². The summed E-state index contributed by atoms with van der Waals surface area (Å²) in [5.74, 6) is -0.701. The molecule has 1 aliphatic heterocycles. The summed E-state index contributed by atoms with van der Waals surface area (Å²) in [5.41, 5.74) is 0.835. The van der Waals surface area contributed by atoms with E-state index in [2.05, 4.69) is 30.6 Å². The highest BCUT2D eigenvalue weighted by Gasteiger charge is 2.26. The van der Waals surface area contributed by atoms with Gasteiger partial charge in [0.1, 0.15) is 12.4 Å². The van der Waals surface area contributed by atoms with E-state index in [-0.39, 0.29) is 23.7 Å². The molecule has 182 valence electrons. The maximum absolute atomic E-state index is 12.8. The number of ether oxygens (including phenoxy) is 1. The van der Waals surface area contributed by atoms with Gasteiger partial charge in [-0.05, 0) is 25.0 Å². The van der Waals surface area contributed by atoms with Crippen LogP contribution in [0.25, 0.3) is 0 Å². The first-order chi connectivity index (χ1) is 17.2. The molecule has 5 rings (SSSR count). The molecule has 3 aromatic heterocycles. The lowest BCUT2D eigenvalue weighted by molar-refractivity contribution is 0.0938. The van der Waals surface area contributed by atoms with Gasteiger partial charge in [0, 0.05) is 56.8 Å². The zero-order chi connectivity index (χ0) is 24.0. The number of hydrogen-bond donors (Lipinski definition) is 2. The lowest BCUT2D eigenvalue weighted by Crippen LogP contribution is -2.38. The second-order valence-corrected chi connectivity index (χ2v) is 8.68. The Kier molecular flexibility index (Phi) is 6.82. The second kappa shape index (κ2) is 10.5. The van der Waals surface area contributed by atoms with Gasteiger partial charge in [-0.2, -0.15) is 4.98 Å². The summed E-state index contributed by atoms with van der Waals surface area (Å²) in [6.45, 7) is 1.32. The molecule has 0 bridgehead atoms. The number of oxazole rings is 1. The first-order valence-corrected chi connectivity index (χ1v) is 11.9. The van der Waals surface area contributed by atoms with Crippen molar-refractivity contribution in [2.75, 3.05) is 23.3 Å². The van der Waals surface area contributed by atoms with E-state index in [4.69, 9.17) is 9.15 Å². The fourth-order valence-corrected chi connectivity index (χ4v) is 4.38. The molecule has 35 heavy (non-hydrogen) atoms. The molecule has 1 saturated carbocycles. The predicted octanol–water partition coefficient (Wildman–Crippen LogP) is 2.83. The fraction of sp³-hybridized carbons (Fsp3) is 0.417. The van der Waals surface area contributed by atoms with E-state index in [9.17, 15) is 9.59 Å². The molecule has 0 radical (unpaired) electrons. The van der Waals surface area contributed by atoms with Crippen molar-refractivity contribution in [1.82, 2.24) is 25.3 Å². The Labute approximate surface area is 202 Å². The Bertz CT molecular complexity index is 1160. The van der Waals surface area contributed by atoms with Crippen LogP contribution in [0, 0.1) is 0 Å². The van der Waals surface area contributed by atoms with E-state index in [1.165, 1.54) is 18.7 Å². The summed E-state index contributed by atoms with van der Waals surface area (Å²) < 4.78 is 11.4. The van der Waals surface area contributed by atoms with Gasteiger partial charge in [0.25, 0.3) is 17.8 Å². The van der Waals surface area contributed by atoms with Gasteiger partial charge in [0.2, 0.25) is 0 Å². The number of nitrogens with one attached hydrogen (secondary N) is 2. The Morgan fingerprint density at radius 1 is 1.03 bits per heavy atom. The molecule has 0 aromatic carbocycles. The van der Waals surface area contributed by atoms with E-state index < -0.39 is 5.91 Å². The highest BCUT2D eigenvalue weighted by molar-refractivity contribution is 6.08. The third-order valence-electron chi connectivity index (χ3n) is 6.26. The second-order valence-electron chi connectivity index (χ2n) is 8.68. The Morgan fingerprint density at radius 3 is 2.57 bits per heavy atom. The van der Waals surface area contributed by atoms with Crippen molar-refractivity contribution in [2.24, 2.45) is 0 Å². The summed E-state index contributed by atoms with van der Waals surface area (Å²) in [7, 11) is 0. The lowest BCUT2D eigenvalue weighted by Gasteiger charge is -2.30. The zero-order valence-electron chi connectivity index (χ0n) is 19.2. The molecule has 11 heteroatoms. The van der Waals surface area contributed by atoms with Crippen LogP contribution < -0.4 is 20.3 Å². The fourth-order valence-electron chi connectivity index (χ4n) is 4.38. The minimum atomic E-state index is -0.458. The average Bonchev–Trinajstić information content (AvgIpc) is 3.58. The van der Waals surface area contributed by atoms with Gasteiger partial charge in [0.05, 0.1) is 11.3 Å². The molecule has 4 heterocycles. The van der Waals surface area contributed by atoms with Gasteiger partial charge in [0.15, 0.2) is 5.69 Å². The summed E-state index contributed by atoms with van der Waals surface area (Å²) >= 11 is 0. The number of amides is 2. The first kappa shape index (κ1) is 22.8. The molecule has 0 spiro atoms. The third kappa shape index (κ3) is 5.56. The van der Waals surface area contributed by atoms with Crippen LogP contribution in [0.5, 0.6) is 6.01 Å². The smallest absolute Gasteiger partial charge is 0.316 e. The molecular formula is C24H27N7O4. The maximum atomic E-state index is 12.8. The highest BCUT2D eigenvalue weighted by atomic mass is 16.5. The van der Waals surface area contributed by atoms with Crippen molar-refractivity contribution in [3.8, 4) is 6.01 Å². The minimum Gasteiger partial charge on any atom is -0.460 e. The average molecular weight is 478 g/mol. The van der Waals surface area contributed by atoms with Crippen molar-refractivity contribution in [1.29, 1.82) is 0 Å². The first-order valence-electron chi connectivity index (χ1n) is 11.9. The van der Waals surface area contributed by atoms with Crippen molar-refractivity contribution in [3.05, 3.63) is 54.4 Å². The monoisotopic (exact) mass is 477 g/mol. The minimum absolute atomic E-state index is 0.00636. The number of anilines is 2. The number of aromatic nitrogens is 4. The molecule has 1 aliphatic carbocycles. The Hall–Kier alpha value is -4.02. The summed E-state index contributed by atoms with van der Waals surface area (Å²) in [6, 6.07) is 4.25. The highest BCUT2D eigenvalue weighted by Crippen LogP contribution is 2.23. The molecule has 2 N–H and O–H groups in total. The van der Waals surface area contributed by atoms with Crippen LogP contribution >= 0.6 is 0 Å². The van der Waals surface area contributed by atoms with Crippen LogP contribution in [0.3, 0.4) is 0 Å². The number of piperidine rings is 1. The van der Waals surface area contributed by atoms with Crippen molar-refractivity contribution in [2.45, 2.75) is 50.7 Å². The number of rotatable bonds is 7. The normalized spacial score (nSPS) is 16.7. The predicted molar refractivity (Wildman–Crippen MR) is 126 cm³/mol. The molecule has 2 fully saturated rings. The number of hydrogen-bond acceptors (Lipinski definition) is 9. The number of carbonyl (C=O) groups excluding carboxylic acids is 2. The molecule has 11 nitrogen and oxygen atoms in total. The summed E-state index contributed by atoms with van der Waals surface area (Å²) in [4.78, 5) is 44.2. The van der Waals surface area contributed by atoms with Crippen molar-refractivity contribution in [3.63, 3.8) is 0 Å². The van der Waals surface area contributed by atoms with Crippen LogP contribution in [0.1, 0.15) is 59.4 Å². The van der Waals surface area contributed by atoms with E-state index in [0.29, 0.717) is 36.4 Å². The SMILES string of the molecule is O=C(Nc1ccncc1C(=O)NC1CCCC1)c1coc(N2CCC(Oc3ncccn3)CC2)n1. The Morgan fingerprint density at radius 2 is 1.80 bits per heavy atom. The topological polar surface area (TPSA) is 135 Å². The van der Waals surface area contributed by atoms with Crippen molar-refractivity contribution >= 4 is 23.5 Å². The third-order valence-corrected chi connectivity index (χ3v) is 6.26. The lowest BCUT2D eigenvalue weighted by atomic mass is 10.1. The van der Waals surface area contributed by atoms with Crippen LogP contribution in [-0.2, 0) is 0 Å². The summed E-state index contributed by atoms with van der Waals surface area (Å²) in [5, 5.41) is 5.79. The summed E-state index contributed by atoms with van der Waals surface area (Å²) in [6.07, 6.45) is 13.3. The molecule has 3 aromatic rings. The molecule has 0 unspecified atom stereocenters. The van der Waals surface area contributed by atoms with E-state index in [1.807, 2.05) is 4.90 Å². The van der Waals surface area contributed by atoms with Gasteiger partial charge in [-0.15, -0.1) is 0 Å². The van der Waals surface area contributed by atoms with Gasteiger partial charge in [-0.25, -0.2) is 9.97 Å². The van der Waals surface area contributed by atoms with Gasteiger partial charge in [-0.1, -0.05) is 12.8 Å². The number of nitrogens with zero attached hydrogens (tertiary/aromatic N) is 5. The van der Waals surface area contributed by atoms with Gasteiger partial charge in [-0.3, -0.25) is 14.6 Å². The number of pyridine rings is 1. The molecule has 0 atom stereocenters. The van der Waals surface area contributed by atoms with E-state index in [0.717, 1.165) is 38.5 Å².